The molecule has 0 rings (SSSR count). The van der Waals surface area contributed by atoms with Gasteiger partial charge in [0.1, 0.15) is 0 Å². The van der Waals surface area contributed by atoms with E-state index >= 15 is 0 Å². The van der Waals surface area contributed by atoms with Gasteiger partial charge in [0, 0.05) is 0 Å². The van der Waals surface area contributed by atoms with Crippen molar-refractivity contribution in [3.8, 4) is 0 Å². The van der Waals surface area contributed by atoms with E-state index in [1.807, 2.05) is 0 Å². The van der Waals surface area contributed by atoms with Crippen molar-refractivity contribution in [1.82, 2.24) is 5.32 Å². The molecule has 0 aromatic carbocycles. The van der Waals surface area contributed by atoms with Crippen LogP contribution in [0.1, 0.15) is 290 Å². The van der Waals surface area contributed by atoms with Crippen LogP contribution < -0.4 is 5.32 Å². The molecule has 48 heavy (non-hydrogen) atoms. The molecule has 0 atom stereocenters. The van der Waals surface area contributed by atoms with Crippen molar-refractivity contribution in [3.05, 3.63) is 0 Å². The van der Waals surface area contributed by atoms with E-state index in [9.17, 15) is 0 Å². The Balaban J connectivity index is 3.04. The van der Waals surface area contributed by atoms with Gasteiger partial charge in [-0.15, -0.1) is 0 Å². The van der Waals surface area contributed by atoms with E-state index in [1.165, 1.54) is 289 Å². The Labute approximate surface area is 307 Å². The fourth-order valence-electron chi connectivity index (χ4n) is 7.64. The lowest BCUT2D eigenvalue weighted by molar-refractivity contribution is 0.508. The first-order valence-electron chi connectivity index (χ1n) is 23.6. The molecule has 0 amide bonds. The third-order valence-electron chi connectivity index (χ3n) is 11.2. The van der Waals surface area contributed by atoms with Gasteiger partial charge in [-0.3, -0.25) is 0 Å². The molecule has 0 aliphatic rings. The van der Waals surface area contributed by atoms with Crippen LogP contribution in [0.3, 0.4) is 0 Å². The predicted octanol–water partition coefficient (Wildman–Crippen LogP) is 17.4. The highest BCUT2D eigenvalue weighted by Crippen LogP contribution is 2.18. The van der Waals surface area contributed by atoms with Crippen molar-refractivity contribution >= 4 is 0 Å². The van der Waals surface area contributed by atoms with Gasteiger partial charge in [-0.2, -0.15) is 0 Å². The summed E-state index contributed by atoms with van der Waals surface area (Å²) < 4.78 is 0. The van der Waals surface area contributed by atoms with E-state index < -0.39 is 0 Å². The van der Waals surface area contributed by atoms with Gasteiger partial charge in [-0.1, -0.05) is 277 Å². The van der Waals surface area contributed by atoms with E-state index in [2.05, 4.69) is 19.2 Å². The molecule has 0 aromatic heterocycles. The summed E-state index contributed by atoms with van der Waals surface area (Å²) in [6.07, 6.45) is 63.4. The largest absolute Gasteiger partial charge is 0.317 e. The van der Waals surface area contributed by atoms with Crippen LogP contribution in [-0.2, 0) is 0 Å². The smallest absolute Gasteiger partial charge is 0.00489 e. The number of hydrogen-bond donors (Lipinski definition) is 1. The summed E-state index contributed by atoms with van der Waals surface area (Å²) in [5, 5.41) is 3.57. The van der Waals surface area contributed by atoms with Gasteiger partial charge in [0.2, 0.25) is 0 Å². The molecule has 290 valence electrons. The van der Waals surface area contributed by atoms with Crippen LogP contribution in [0.4, 0.5) is 0 Å². The summed E-state index contributed by atoms with van der Waals surface area (Å²) in [5.41, 5.74) is 0. The fraction of sp³-hybridized carbons (Fsp3) is 1.00. The van der Waals surface area contributed by atoms with Crippen LogP contribution in [0.25, 0.3) is 0 Å². The third-order valence-corrected chi connectivity index (χ3v) is 11.2. The van der Waals surface area contributed by atoms with Crippen LogP contribution >= 0.6 is 0 Å². The van der Waals surface area contributed by atoms with E-state index in [1.54, 1.807) is 0 Å². The average Bonchev–Trinajstić information content (AvgIpc) is 3.10. The normalized spacial score (nSPS) is 11.6. The van der Waals surface area contributed by atoms with Gasteiger partial charge in [0.25, 0.3) is 0 Å². The molecular weight excluding hydrogens is 579 g/mol. The summed E-state index contributed by atoms with van der Waals surface area (Å²) in [4.78, 5) is 0. The number of hydrogen-bond acceptors (Lipinski definition) is 1. The topological polar surface area (TPSA) is 12.0 Å². The third kappa shape index (κ3) is 46.0. The molecular formula is C47H97N. The number of nitrogens with one attached hydrogen (secondary N) is 1. The minimum absolute atomic E-state index is 1.22. The molecule has 0 radical (unpaired) electrons. The molecule has 1 nitrogen and oxygen atoms in total. The average molecular weight is 676 g/mol. The van der Waals surface area contributed by atoms with Gasteiger partial charge >= 0.3 is 0 Å². The van der Waals surface area contributed by atoms with Crippen molar-refractivity contribution in [2.75, 3.05) is 13.1 Å². The fourth-order valence-corrected chi connectivity index (χ4v) is 7.64. The molecule has 1 N–H and O–H groups in total. The Kier molecular flexibility index (Phi) is 46.9. The molecule has 0 spiro atoms. The zero-order chi connectivity index (χ0) is 34.5. The highest BCUT2D eigenvalue weighted by molar-refractivity contribution is 4.54. The molecule has 0 aliphatic carbocycles. The molecule has 0 saturated heterocycles. The maximum absolute atomic E-state index is 3.57. The van der Waals surface area contributed by atoms with E-state index in [4.69, 9.17) is 0 Å². The highest BCUT2D eigenvalue weighted by Gasteiger charge is 1.98. The molecule has 0 aromatic rings. The van der Waals surface area contributed by atoms with Crippen molar-refractivity contribution in [1.29, 1.82) is 0 Å². The minimum Gasteiger partial charge on any atom is -0.317 e. The Hall–Kier alpha value is -0.0400. The number of unbranched alkanes of at least 4 members (excludes halogenated alkanes) is 41. The van der Waals surface area contributed by atoms with E-state index in [0.717, 1.165) is 0 Å². The first-order chi connectivity index (χ1) is 23.9. The molecule has 1 heteroatoms. The van der Waals surface area contributed by atoms with Crippen LogP contribution in [0.2, 0.25) is 0 Å². The Morgan fingerprint density at radius 2 is 0.312 bits per heavy atom. The van der Waals surface area contributed by atoms with E-state index in [-0.39, 0.29) is 0 Å². The van der Waals surface area contributed by atoms with E-state index in [0.29, 0.717) is 0 Å². The van der Waals surface area contributed by atoms with Crippen molar-refractivity contribution in [3.63, 3.8) is 0 Å². The van der Waals surface area contributed by atoms with Gasteiger partial charge in [0.15, 0.2) is 0 Å². The van der Waals surface area contributed by atoms with Crippen LogP contribution in [0, 0.1) is 0 Å². The van der Waals surface area contributed by atoms with Crippen molar-refractivity contribution < 1.29 is 0 Å². The molecule has 0 fully saturated rings. The van der Waals surface area contributed by atoms with Crippen LogP contribution in [-0.4, -0.2) is 13.1 Å². The van der Waals surface area contributed by atoms with Crippen LogP contribution in [0.15, 0.2) is 0 Å². The second-order valence-corrected chi connectivity index (χ2v) is 16.2. The predicted molar refractivity (Wildman–Crippen MR) is 223 cm³/mol. The quantitative estimate of drug-likeness (QED) is 0.0633. The summed E-state index contributed by atoms with van der Waals surface area (Å²) >= 11 is 0. The lowest BCUT2D eigenvalue weighted by atomic mass is 10.0. The maximum atomic E-state index is 3.57. The first kappa shape index (κ1) is 48.0. The summed E-state index contributed by atoms with van der Waals surface area (Å²) in [5.74, 6) is 0. The lowest BCUT2D eigenvalue weighted by Crippen LogP contribution is -2.16. The molecule has 0 saturated carbocycles. The Morgan fingerprint density at radius 3 is 0.500 bits per heavy atom. The maximum Gasteiger partial charge on any atom is -0.00489 e. The van der Waals surface area contributed by atoms with Gasteiger partial charge in [-0.05, 0) is 25.9 Å². The van der Waals surface area contributed by atoms with Crippen molar-refractivity contribution in [2.45, 2.75) is 290 Å². The Bertz CT molecular complexity index is 469. The lowest BCUT2D eigenvalue weighted by Gasteiger charge is -2.05. The second kappa shape index (κ2) is 47.0. The zero-order valence-corrected chi connectivity index (χ0v) is 34.3. The SMILES string of the molecule is CCCCCCCCCCCCCCCCCCCCCCCCCCCCCCCCCCCCCCCCCCCNCCCC. The standard InChI is InChI=1S/C47H97N/c1-3-5-7-8-9-10-11-12-13-14-15-16-17-18-19-20-21-22-23-24-25-26-27-28-29-30-31-32-33-34-35-36-37-38-39-40-41-42-43-44-45-47-48-46-6-4-2/h48H,3-47H2,1-2H3. The number of rotatable bonds is 45. The van der Waals surface area contributed by atoms with Gasteiger partial charge < -0.3 is 5.32 Å². The van der Waals surface area contributed by atoms with Crippen molar-refractivity contribution in [2.24, 2.45) is 0 Å². The Morgan fingerprint density at radius 1 is 0.167 bits per heavy atom. The molecule has 0 unspecified atom stereocenters. The summed E-state index contributed by atoms with van der Waals surface area (Å²) in [7, 11) is 0. The molecule has 0 aliphatic heterocycles. The van der Waals surface area contributed by atoms with Gasteiger partial charge in [-0.25, -0.2) is 0 Å². The summed E-state index contributed by atoms with van der Waals surface area (Å²) in [6, 6.07) is 0. The van der Waals surface area contributed by atoms with Gasteiger partial charge in [0.05, 0.1) is 0 Å². The molecule has 0 heterocycles. The monoisotopic (exact) mass is 676 g/mol. The molecule has 0 bridgehead atoms. The minimum atomic E-state index is 1.22. The first-order valence-corrected chi connectivity index (χ1v) is 23.6. The van der Waals surface area contributed by atoms with Crippen LogP contribution in [0.5, 0.6) is 0 Å². The highest BCUT2D eigenvalue weighted by atomic mass is 14.8. The second-order valence-electron chi connectivity index (χ2n) is 16.2. The zero-order valence-electron chi connectivity index (χ0n) is 34.3. The summed E-state index contributed by atoms with van der Waals surface area (Å²) in [6.45, 7) is 7.04.